The minimum absolute atomic E-state index is 0.135. The molecule has 3 fully saturated rings. The number of rotatable bonds is 3. The Kier molecular flexibility index (Phi) is 5.33. The van der Waals surface area contributed by atoms with Crippen molar-refractivity contribution in [2.24, 2.45) is 17.3 Å². The molecule has 1 spiro atoms. The molecule has 5 nitrogen and oxygen atoms in total. The molecule has 4 atom stereocenters. The fourth-order valence-corrected chi connectivity index (χ4v) is 7.46. The molecule has 0 unspecified atom stereocenters. The SMILES string of the molecule is CCN(CC)C(=O)Oc1ccc2c(c1C)CC[C@@H]1[C@@H]2CC[C@@]2(C)[C@H]1CCC21OCCO1. The monoisotopic (exact) mass is 427 g/mol. The summed E-state index contributed by atoms with van der Waals surface area (Å²) in [5.74, 6) is 2.35. The summed E-state index contributed by atoms with van der Waals surface area (Å²) in [6.07, 6.45) is 6.65. The van der Waals surface area contributed by atoms with Crippen molar-refractivity contribution in [2.75, 3.05) is 26.3 Å². The van der Waals surface area contributed by atoms with Gasteiger partial charge in [0, 0.05) is 24.9 Å². The highest BCUT2D eigenvalue weighted by Crippen LogP contribution is 2.66. The van der Waals surface area contributed by atoms with Gasteiger partial charge in [-0.3, -0.25) is 0 Å². The predicted octanol–water partition coefficient (Wildman–Crippen LogP) is 5.43. The highest BCUT2D eigenvalue weighted by atomic mass is 16.7. The summed E-state index contributed by atoms with van der Waals surface area (Å²) < 4.78 is 18.3. The Hall–Kier alpha value is -1.59. The maximum absolute atomic E-state index is 12.5. The Labute approximate surface area is 186 Å². The molecule has 1 aromatic carbocycles. The molecule has 5 heteroatoms. The van der Waals surface area contributed by atoms with Crippen molar-refractivity contribution in [3.8, 4) is 5.75 Å². The van der Waals surface area contributed by atoms with E-state index >= 15 is 0 Å². The number of fused-ring (bicyclic) bond motifs is 6. The minimum Gasteiger partial charge on any atom is -0.410 e. The zero-order valence-electron chi connectivity index (χ0n) is 19.5. The van der Waals surface area contributed by atoms with Crippen molar-refractivity contribution in [2.45, 2.75) is 77.9 Å². The van der Waals surface area contributed by atoms with E-state index in [9.17, 15) is 4.79 Å². The number of nitrogens with zero attached hydrogens (tertiary/aromatic N) is 1. The second-order valence-corrected chi connectivity index (χ2v) is 10.2. The van der Waals surface area contributed by atoms with E-state index in [2.05, 4.69) is 19.9 Å². The van der Waals surface area contributed by atoms with Gasteiger partial charge in [-0.25, -0.2) is 4.79 Å². The Morgan fingerprint density at radius 1 is 1.13 bits per heavy atom. The van der Waals surface area contributed by atoms with Crippen LogP contribution in [0.15, 0.2) is 12.1 Å². The summed E-state index contributed by atoms with van der Waals surface area (Å²) in [4.78, 5) is 14.2. The van der Waals surface area contributed by atoms with Crippen LogP contribution in [0.3, 0.4) is 0 Å². The van der Waals surface area contributed by atoms with Gasteiger partial charge < -0.3 is 19.1 Å². The van der Waals surface area contributed by atoms with Gasteiger partial charge in [-0.05, 0) is 93.4 Å². The Morgan fingerprint density at radius 2 is 1.87 bits per heavy atom. The lowest BCUT2D eigenvalue weighted by molar-refractivity contribution is -0.237. The number of carbonyl (C=O) groups excluding carboxylic acids is 1. The van der Waals surface area contributed by atoms with Gasteiger partial charge in [0.25, 0.3) is 0 Å². The molecule has 170 valence electrons. The molecule has 1 aromatic rings. The average molecular weight is 428 g/mol. The standard InChI is InChI=1S/C26H37NO4/c1-5-27(6-2)24(28)31-23-10-9-19-18(17(23)3)7-8-21-20(19)11-13-25(4)22(21)12-14-26(25)29-15-16-30-26/h9-10,20-22H,5-8,11-16H2,1-4H3/t20-,21-,22+,25+/m1/s1. The van der Waals surface area contributed by atoms with Crippen molar-refractivity contribution in [3.63, 3.8) is 0 Å². The van der Waals surface area contributed by atoms with Crippen molar-refractivity contribution < 1.29 is 19.0 Å². The molecule has 1 saturated heterocycles. The minimum atomic E-state index is -0.332. The Morgan fingerprint density at radius 3 is 2.58 bits per heavy atom. The van der Waals surface area contributed by atoms with E-state index in [1.807, 2.05) is 19.9 Å². The van der Waals surface area contributed by atoms with Crippen LogP contribution in [-0.2, 0) is 15.9 Å². The molecule has 31 heavy (non-hydrogen) atoms. The third-order valence-corrected chi connectivity index (χ3v) is 9.17. The molecule has 0 aromatic heterocycles. The van der Waals surface area contributed by atoms with Gasteiger partial charge in [0.2, 0.25) is 0 Å². The van der Waals surface area contributed by atoms with E-state index in [1.165, 1.54) is 30.4 Å². The number of hydrogen-bond donors (Lipinski definition) is 0. The predicted molar refractivity (Wildman–Crippen MR) is 119 cm³/mol. The van der Waals surface area contributed by atoms with Crippen LogP contribution >= 0.6 is 0 Å². The zero-order chi connectivity index (χ0) is 21.8. The van der Waals surface area contributed by atoms with Gasteiger partial charge >= 0.3 is 6.09 Å². The van der Waals surface area contributed by atoms with Gasteiger partial charge in [-0.1, -0.05) is 13.0 Å². The van der Waals surface area contributed by atoms with Gasteiger partial charge in [0.05, 0.1) is 13.2 Å². The smallest absolute Gasteiger partial charge is 0.410 e. The van der Waals surface area contributed by atoms with E-state index < -0.39 is 0 Å². The second kappa shape index (κ2) is 7.77. The number of amides is 1. The molecular formula is C26H37NO4. The average Bonchev–Trinajstić information content (AvgIpc) is 3.37. The molecule has 0 bridgehead atoms. The van der Waals surface area contributed by atoms with Crippen LogP contribution in [0, 0.1) is 24.2 Å². The quantitative estimate of drug-likeness (QED) is 0.645. The third-order valence-electron chi connectivity index (χ3n) is 9.17. The fourth-order valence-electron chi connectivity index (χ4n) is 7.46. The maximum Gasteiger partial charge on any atom is 0.415 e. The number of carbonyl (C=O) groups is 1. The summed E-state index contributed by atoms with van der Waals surface area (Å²) >= 11 is 0. The van der Waals surface area contributed by atoms with Crippen LogP contribution in [0.25, 0.3) is 0 Å². The van der Waals surface area contributed by atoms with E-state index in [1.54, 1.807) is 4.90 Å². The molecule has 1 heterocycles. The first kappa shape index (κ1) is 21.3. The zero-order valence-corrected chi connectivity index (χ0v) is 19.5. The largest absolute Gasteiger partial charge is 0.415 e. The van der Waals surface area contributed by atoms with Gasteiger partial charge in [0.1, 0.15) is 5.75 Å². The van der Waals surface area contributed by atoms with E-state index in [0.29, 0.717) is 30.8 Å². The van der Waals surface area contributed by atoms with Crippen LogP contribution in [0.4, 0.5) is 4.79 Å². The fraction of sp³-hybridized carbons (Fsp3) is 0.731. The lowest BCUT2D eigenvalue weighted by Crippen LogP contribution is -2.51. The third kappa shape index (κ3) is 3.06. The molecule has 5 rings (SSSR count). The number of benzene rings is 1. The summed E-state index contributed by atoms with van der Waals surface area (Å²) in [7, 11) is 0. The Bertz CT molecular complexity index is 857. The van der Waals surface area contributed by atoms with Gasteiger partial charge in [-0.15, -0.1) is 0 Å². The first-order chi connectivity index (χ1) is 14.9. The lowest BCUT2D eigenvalue weighted by Gasteiger charge is -2.53. The van der Waals surface area contributed by atoms with Gasteiger partial charge in [-0.2, -0.15) is 0 Å². The lowest BCUT2D eigenvalue weighted by atomic mass is 9.54. The van der Waals surface area contributed by atoms with Crippen LogP contribution in [0.1, 0.15) is 75.5 Å². The molecule has 1 amide bonds. The van der Waals surface area contributed by atoms with E-state index in [4.69, 9.17) is 14.2 Å². The van der Waals surface area contributed by atoms with Crippen LogP contribution < -0.4 is 4.74 Å². The van der Waals surface area contributed by atoms with Crippen molar-refractivity contribution in [1.82, 2.24) is 4.90 Å². The molecule has 0 N–H and O–H groups in total. The van der Waals surface area contributed by atoms with Crippen LogP contribution in [0.5, 0.6) is 5.75 Å². The summed E-state index contributed by atoms with van der Waals surface area (Å²) in [5.41, 5.74) is 4.19. The normalized spacial score (nSPS) is 33.0. The molecule has 1 aliphatic heterocycles. The molecule has 4 aliphatic rings. The van der Waals surface area contributed by atoms with E-state index in [0.717, 1.165) is 43.8 Å². The molecule has 0 radical (unpaired) electrons. The number of ether oxygens (including phenoxy) is 3. The first-order valence-corrected chi connectivity index (χ1v) is 12.3. The van der Waals surface area contributed by atoms with Crippen molar-refractivity contribution in [3.05, 3.63) is 28.8 Å². The Balaban J connectivity index is 1.40. The van der Waals surface area contributed by atoms with Crippen molar-refractivity contribution in [1.29, 1.82) is 0 Å². The van der Waals surface area contributed by atoms with E-state index in [-0.39, 0.29) is 17.3 Å². The summed E-state index contributed by atoms with van der Waals surface area (Å²) in [6, 6.07) is 4.28. The van der Waals surface area contributed by atoms with Crippen LogP contribution in [0.2, 0.25) is 0 Å². The molecular weight excluding hydrogens is 390 g/mol. The second-order valence-electron chi connectivity index (χ2n) is 10.2. The first-order valence-electron chi connectivity index (χ1n) is 12.3. The topological polar surface area (TPSA) is 48.0 Å². The highest BCUT2D eigenvalue weighted by Gasteiger charge is 2.65. The summed E-state index contributed by atoms with van der Waals surface area (Å²) in [5, 5.41) is 0. The van der Waals surface area contributed by atoms with Crippen LogP contribution in [-0.4, -0.2) is 43.1 Å². The van der Waals surface area contributed by atoms with Gasteiger partial charge in [0.15, 0.2) is 5.79 Å². The number of hydrogen-bond acceptors (Lipinski definition) is 4. The molecule has 2 saturated carbocycles. The summed E-state index contributed by atoms with van der Waals surface area (Å²) in [6.45, 7) is 11.3. The molecule has 3 aliphatic carbocycles. The highest BCUT2D eigenvalue weighted by molar-refractivity contribution is 5.71. The maximum atomic E-state index is 12.5. The van der Waals surface area contributed by atoms with Crippen molar-refractivity contribution >= 4 is 6.09 Å².